The summed E-state index contributed by atoms with van der Waals surface area (Å²) in [7, 11) is 1.54. The van der Waals surface area contributed by atoms with Gasteiger partial charge in [-0.1, -0.05) is 11.8 Å². The maximum absolute atomic E-state index is 12.1. The Morgan fingerprint density at radius 1 is 1.33 bits per heavy atom. The number of methoxy groups -OCH3 is 1. The van der Waals surface area contributed by atoms with E-state index in [1.165, 1.54) is 11.3 Å². The van der Waals surface area contributed by atoms with Crippen LogP contribution in [0.3, 0.4) is 0 Å². The van der Waals surface area contributed by atoms with Crippen LogP contribution < -0.4 is 10.1 Å². The monoisotopic (exact) mass is 301 g/mol. The van der Waals surface area contributed by atoms with Gasteiger partial charge in [0.15, 0.2) is 0 Å². The number of amides is 1. The average molecular weight is 301 g/mol. The molecule has 0 spiro atoms. The highest BCUT2D eigenvalue weighted by Crippen LogP contribution is 2.25. The number of carbonyl (C=O) groups is 1. The third-order valence-electron chi connectivity index (χ3n) is 2.67. The molecule has 0 saturated heterocycles. The number of nitrogens with one attached hydrogen (secondary N) is 1. The lowest BCUT2D eigenvalue weighted by atomic mass is 10.2. The lowest BCUT2D eigenvalue weighted by Crippen LogP contribution is -2.11. The number of rotatable bonds is 4. The molecule has 0 saturated carbocycles. The van der Waals surface area contributed by atoms with Crippen molar-refractivity contribution in [2.24, 2.45) is 0 Å². The molecule has 1 aromatic carbocycles. The van der Waals surface area contributed by atoms with E-state index in [-0.39, 0.29) is 12.5 Å². The number of anilines is 1. The van der Waals surface area contributed by atoms with Crippen LogP contribution in [0.15, 0.2) is 35.7 Å². The van der Waals surface area contributed by atoms with Gasteiger partial charge in [0.25, 0.3) is 5.91 Å². The number of thiophene rings is 1. The second kappa shape index (κ2) is 7.48. The minimum Gasteiger partial charge on any atom is -0.495 e. The summed E-state index contributed by atoms with van der Waals surface area (Å²) in [5.74, 6) is 6.16. The summed E-state index contributed by atoms with van der Waals surface area (Å²) >= 11 is 1.34. The zero-order chi connectivity index (χ0) is 15.1. The van der Waals surface area contributed by atoms with Gasteiger partial charge >= 0.3 is 0 Å². The molecule has 1 amide bonds. The van der Waals surface area contributed by atoms with E-state index in [0.717, 1.165) is 5.56 Å². The van der Waals surface area contributed by atoms with Crippen LogP contribution in [0.25, 0.3) is 0 Å². The summed E-state index contributed by atoms with van der Waals surface area (Å²) in [6, 6.07) is 9.00. The molecule has 0 bridgehead atoms. The zero-order valence-electron chi connectivity index (χ0n) is 11.6. The molecule has 21 heavy (non-hydrogen) atoms. The lowest BCUT2D eigenvalue weighted by molar-refractivity contribution is 0.102. The summed E-state index contributed by atoms with van der Waals surface area (Å²) < 4.78 is 5.13. The molecule has 108 valence electrons. The van der Waals surface area contributed by atoms with Gasteiger partial charge in [-0.25, -0.2) is 0 Å². The molecule has 0 aliphatic rings. The van der Waals surface area contributed by atoms with Crippen molar-refractivity contribution in [3.63, 3.8) is 0 Å². The van der Waals surface area contributed by atoms with Crippen molar-refractivity contribution < 1.29 is 14.6 Å². The van der Waals surface area contributed by atoms with Crippen molar-refractivity contribution in [1.29, 1.82) is 0 Å². The molecule has 0 aliphatic carbocycles. The Labute approximate surface area is 127 Å². The van der Waals surface area contributed by atoms with E-state index in [9.17, 15) is 4.79 Å². The van der Waals surface area contributed by atoms with Gasteiger partial charge in [0, 0.05) is 17.7 Å². The van der Waals surface area contributed by atoms with Gasteiger partial charge < -0.3 is 15.2 Å². The molecule has 1 heterocycles. The average Bonchev–Trinajstić information content (AvgIpc) is 2.98. The predicted molar refractivity (Wildman–Crippen MR) is 83.8 cm³/mol. The molecule has 1 aromatic heterocycles. The van der Waals surface area contributed by atoms with E-state index in [2.05, 4.69) is 17.2 Å². The molecule has 2 N–H and O–H groups in total. The largest absolute Gasteiger partial charge is 0.495 e. The number of hydrogen-bond acceptors (Lipinski definition) is 4. The second-order valence-corrected chi connectivity index (χ2v) is 5.04. The maximum Gasteiger partial charge on any atom is 0.269 e. The normalized spacial score (nSPS) is 9.62. The highest BCUT2D eigenvalue weighted by molar-refractivity contribution is 7.12. The van der Waals surface area contributed by atoms with Crippen molar-refractivity contribution in [2.45, 2.75) is 6.42 Å². The zero-order valence-corrected chi connectivity index (χ0v) is 12.4. The van der Waals surface area contributed by atoms with Crippen molar-refractivity contribution in [2.75, 3.05) is 19.0 Å². The van der Waals surface area contributed by atoms with E-state index >= 15 is 0 Å². The molecule has 2 aromatic rings. The van der Waals surface area contributed by atoms with E-state index in [0.29, 0.717) is 22.7 Å². The smallest absolute Gasteiger partial charge is 0.269 e. The minimum atomic E-state index is -0.194. The standard InChI is InChI=1S/C16H15NO3S/c1-20-14-9-11-21-15(14)16(19)17-13-7-5-12(6-8-13)4-2-3-10-18/h5-9,11,18H,3,10H2,1H3,(H,17,19). The SMILES string of the molecule is COc1ccsc1C(=O)Nc1ccc(C#CCCO)cc1. The van der Waals surface area contributed by atoms with Gasteiger partial charge in [-0.3, -0.25) is 4.79 Å². The molecule has 2 rings (SSSR count). The molecule has 0 fully saturated rings. The Kier molecular flexibility index (Phi) is 5.38. The lowest BCUT2D eigenvalue weighted by Gasteiger charge is -2.05. The number of ether oxygens (including phenoxy) is 1. The van der Waals surface area contributed by atoms with Gasteiger partial charge in [-0.2, -0.15) is 0 Å². The topological polar surface area (TPSA) is 58.6 Å². The molecule has 0 unspecified atom stereocenters. The summed E-state index contributed by atoms with van der Waals surface area (Å²) in [6.45, 7) is 0.0593. The summed E-state index contributed by atoms with van der Waals surface area (Å²) in [5.41, 5.74) is 1.54. The number of aliphatic hydroxyl groups is 1. The molecule has 0 atom stereocenters. The van der Waals surface area contributed by atoms with Crippen LogP contribution in [-0.2, 0) is 0 Å². The maximum atomic E-state index is 12.1. The van der Waals surface area contributed by atoms with Crippen molar-refractivity contribution in [3.8, 4) is 17.6 Å². The van der Waals surface area contributed by atoms with Crippen molar-refractivity contribution in [1.82, 2.24) is 0 Å². The fourth-order valence-electron chi connectivity index (χ4n) is 1.67. The van der Waals surface area contributed by atoms with Crippen LogP contribution in [0.5, 0.6) is 5.75 Å². The second-order valence-electron chi connectivity index (χ2n) is 4.12. The van der Waals surface area contributed by atoms with Gasteiger partial charge in [0.05, 0.1) is 13.7 Å². The van der Waals surface area contributed by atoms with Crippen LogP contribution in [0.2, 0.25) is 0 Å². The van der Waals surface area contributed by atoms with Gasteiger partial charge in [-0.05, 0) is 35.7 Å². The van der Waals surface area contributed by atoms with Gasteiger partial charge in [0.2, 0.25) is 0 Å². The molecular weight excluding hydrogens is 286 g/mol. The molecule has 5 heteroatoms. The first kappa shape index (κ1) is 15.1. The van der Waals surface area contributed by atoms with E-state index < -0.39 is 0 Å². The highest BCUT2D eigenvalue weighted by Gasteiger charge is 2.13. The van der Waals surface area contributed by atoms with E-state index in [1.807, 2.05) is 17.5 Å². The number of hydrogen-bond donors (Lipinski definition) is 2. The first-order valence-corrected chi connectivity index (χ1v) is 7.25. The highest BCUT2D eigenvalue weighted by atomic mass is 32.1. The van der Waals surface area contributed by atoms with Crippen molar-refractivity contribution >= 4 is 22.9 Å². The Bertz CT molecular complexity index is 665. The van der Waals surface area contributed by atoms with Gasteiger partial charge in [-0.15, -0.1) is 11.3 Å². The number of carbonyl (C=O) groups excluding carboxylic acids is 1. The van der Waals surface area contributed by atoms with Gasteiger partial charge in [0.1, 0.15) is 10.6 Å². The van der Waals surface area contributed by atoms with Crippen LogP contribution in [0, 0.1) is 11.8 Å². The molecule has 4 nitrogen and oxygen atoms in total. The first-order valence-electron chi connectivity index (χ1n) is 6.37. The Morgan fingerprint density at radius 2 is 2.10 bits per heavy atom. The number of aliphatic hydroxyl groups excluding tert-OH is 1. The fourth-order valence-corrected chi connectivity index (χ4v) is 2.42. The third kappa shape index (κ3) is 4.09. The Morgan fingerprint density at radius 3 is 2.76 bits per heavy atom. The molecule has 0 radical (unpaired) electrons. The van der Waals surface area contributed by atoms with Crippen molar-refractivity contribution in [3.05, 3.63) is 46.2 Å². The van der Waals surface area contributed by atoms with Crippen LogP contribution >= 0.6 is 11.3 Å². The third-order valence-corrected chi connectivity index (χ3v) is 3.56. The fraction of sp³-hybridized carbons (Fsp3) is 0.188. The predicted octanol–water partition coefficient (Wildman–Crippen LogP) is 2.74. The minimum absolute atomic E-state index is 0.0593. The summed E-state index contributed by atoms with van der Waals surface area (Å²) in [6.07, 6.45) is 0.455. The first-order chi connectivity index (χ1) is 10.2. The summed E-state index contributed by atoms with van der Waals surface area (Å²) in [4.78, 5) is 12.7. The Balaban J connectivity index is 2.04. The van der Waals surface area contributed by atoms with E-state index in [4.69, 9.17) is 9.84 Å². The van der Waals surface area contributed by atoms with Crippen LogP contribution in [-0.4, -0.2) is 24.7 Å². The number of benzene rings is 1. The quantitative estimate of drug-likeness (QED) is 0.854. The summed E-state index contributed by atoms with van der Waals surface area (Å²) in [5, 5.41) is 13.3. The Hall–Kier alpha value is -2.29. The molecule has 0 aliphatic heterocycles. The van der Waals surface area contributed by atoms with E-state index in [1.54, 1.807) is 25.3 Å². The molecular formula is C16H15NO3S. The van der Waals surface area contributed by atoms with Crippen LogP contribution in [0.4, 0.5) is 5.69 Å². The van der Waals surface area contributed by atoms with Crippen LogP contribution in [0.1, 0.15) is 21.7 Å².